The highest BCUT2D eigenvalue weighted by molar-refractivity contribution is 6.71. The zero-order valence-electron chi connectivity index (χ0n) is 6.48. The van der Waals surface area contributed by atoms with Crippen LogP contribution in [0, 0.1) is 0 Å². The van der Waals surface area contributed by atoms with Gasteiger partial charge in [0.05, 0.1) is 0 Å². The summed E-state index contributed by atoms with van der Waals surface area (Å²) >= 11 is 0. The first-order chi connectivity index (χ1) is 4.12. The molecular formula is C6H16O2Si. The molecule has 0 unspecified atom stereocenters. The van der Waals surface area contributed by atoms with E-state index in [0.29, 0.717) is 6.61 Å². The van der Waals surface area contributed by atoms with Gasteiger partial charge in [0.1, 0.15) is 0 Å². The van der Waals surface area contributed by atoms with Crippen molar-refractivity contribution < 1.29 is 9.53 Å². The van der Waals surface area contributed by atoms with Crippen molar-refractivity contribution in [2.24, 2.45) is 0 Å². The van der Waals surface area contributed by atoms with Crippen molar-refractivity contribution in [1.29, 1.82) is 0 Å². The maximum atomic E-state index is 8.49. The molecule has 0 aromatic heterocycles. The average Bonchev–Trinajstić information content (AvgIpc) is 1.84. The first kappa shape index (κ1) is 9.14. The molecule has 0 aromatic rings. The van der Waals surface area contributed by atoms with Crippen LogP contribution in [-0.4, -0.2) is 27.1 Å². The van der Waals surface area contributed by atoms with E-state index in [1.165, 1.54) is 0 Å². The normalized spacial score (nSPS) is 12.0. The molecule has 0 spiro atoms. The van der Waals surface area contributed by atoms with Crippen molar-refractivity contribution >= 4 is 8.32 Å². The third-order valence-corrected chi connectivity index (χ3v) is 4.15. The summed E-state index contributed by atoms with van der Waals surface area (Å²) in [6.07, 6.45) is 0.882. The molecule has 9 heavy (non-hydrogen) atoms. The molecule has 1 N–H and O–H groups in total. The van der Waals surface area contributed by atoms with Crippen molar-refractivity contribution in [2.75, 3.05) is 13.7 Å². The summed E-state index contributed by atoms with van der Waals surface area (Å²) in [4.78, 5) is 0. The van der Waals surface area contributed by atoms with Gasteiger partial charge in [0.15, 0.2) is 8.32 Å². The molecule has 0 aliphatic carbocycles. The van der Waals surface area contributed by atoms with E-state index in [1.54, 1.807) is 7.11 Å². The fraction of sp³-hybridized carbons (Fsp3) is 1.00. The Morgan fingerprint density at radius 3 is 2.33 bits per heavy atom. The van der Waals surface area contributed by atoms with Crippen LogP contribution in [0.5, 0.6) is 0 Å². The fourth-order valence-corrected chi connectivity index (χ4v) is 1.82. The van der Waals surface area contributed by atoms with Gasteiger partial charge in [-0.05, 0) is 25.6 Å². The Morgan fingerprint density at radius 1 is 1.44 bits per heavy atom. The van der Waals surface area contributed by atoms with Crippen LogP contribution in [0.15, 0.2) is 0 Å². The summed E-state index contributed by atoms with van der Waals surface area (Å²) in [5.41, 5.74) is 0. The SMILES string of the molecule is CO[Si](C)(C)CCCO. The molecule has 0 saturated heterocycles. The van der Waals surface area contributed by atoms with E-state index in [-0.39, 0.29) is 0 Å². The first-order valence-corrected chi connectivity index (χ1v) is 6.40. The van der Waals surface area contributed by atoms with Crippen LogP contribution in [0.2, 0.25) is 19.1 Å². The van der Waals surface area contributed by atoms with Gasteiger partial charge < -0.3 is 9.53 Å². The van der Waals surface area contributed by atoms with Crippen molar-refractivity contribution in [1.82, 2.24) is 0 Å². The van der Waals surface area contributed by atoms with Gasteiger partial charge in [0.25, 0.3) is 0 Å². The Kier molecular flexibility index (Phi) is 4.09. The molecule has 0 heterocycles. The first-order valence-electron chi connectivity index (χ1n) is 3.28. The molecule has 0 aliphatic heterocycles. The van der Waals surface area contributed by atoms with Crippen molar-refractivity contribution in [3.63, 3.8) is 0 Å². The Labute approximate surface area is 58.0 Å². The lowest BCUT2D eigenvalue weighted by molar-refractivity contribution is 0.290. The van der Waals surface area contributed by atoms with Crippen molar-refractivity contribution in [2.45, 2.75) is 25.6 Å². The van der Waals surface area contributed by atoms with Gasteiger partial charge in [-0.2, -0.15) is 0 Å². The van der Waals surface area contributed by atoms with E-state index in [0.717, 1.165) is 12.5 Å². The lowest BCUT2D eigenvalue weighted by Gasteiger charge is -2.18. The van der Waals surface area contributed by atoms with Gasteiger partial charge in [0, 0.05) is 13.7 Å². The predicted molar refractivity (Wildman–Crippen MR) is 41.0 cm³/mol. The van der Waals surface area contributed by atoms with Gasteiger partial charge in [-0.3, -0.25) is 0 Å². The zero-order chi connectivity index (χ0) is 7.33. The molecule has 3 heteroatoms. The highest BCUT2D eigenvalue weighted by atomic mass is 28.4. The van der Waals surface area contributed by atoms with Crippen LogP contribution in [0.4, 0.5) is 0 Å². The van der Waals surface area contributed by atoms with Crippen LogP contribution in [-0.2, 0) is 4.43 Å². The Hall–Kier alpha value is 0.137. The smallest absolute Gasteiger partial charge is 0.186 e. The van der Waals surface area contributed by atoms with E-state index in [9.17, 15) is 0 Å². The lowest BCUT2D eigenvalue weighted by atomic mass is 10.5. The fourth-order valence-electron chi connectivity index (χ4n) is 0.607. The third-order valence-electron chi connectivity index (χ3n) is 1.49. The number of aliphatic hydroxyl groups excluding tert-OH is 1. The number of hydrogen-bond acceptors (Lipinski definition) is 2. The zero-order valence-corrected chi connectivity index (χ0v) is 7.48. The maximum Gasteiger partial charge on any atom is 0.186 e. The Morgan fingerprint density at radius 2 is 2.00 bits per heavy atom. The molecule has 56 valence electrons. The van der Waals surface area contributed by atoms with Gasteiger partial charge in [-0.25, -0.2) is 0 Å². The third kappa shape index (κ3) is 4.63. The van der Waals surface area contributed by atoms with Crippen LogP contribution in [0.25, 0.3) is 0 Å². The van der Waals surface area contributed by atoms with Gasteiger partial charge in [-0.1, -0.05) is 0 Å². The second-order valence-electron chi connectivity index (χ2n) is 2.79. The molecule has 0 rings (SSSR count). The van der Waals surface area contributed by atoms with Crippen molar-refractivity contribution in [3.8, 4) is 0 Å². The molecule has 0 amide bonds. The number of rotatable bonds is 4. The summed E-state index contributed by atoms with van der Waals surface area (Å²) < 4.78 is 5.27. The minimum Gasteiger partial charge on any atom is -0.420 e. The summed E-state index contributed by atoms with van der Waals surface area (Å²) in [5, 5.41) is 8.49. The van der Waals surface area contributed by atoms with E-state index in [4.69, 9.17) is 9.53 Å². The average molecular weight is 148 g/mol. The van der Waals surface area contributed by atoms with Crippen LogP contribution in [0.1, 0.15) is 6.42 Å². The van der Waals surface area contributed by atoms with Crippen LogP contribution >= 0.6 is 0 Å². The highest BCUT2D eigenvalue weighted by Crippen LogP contribution is 2.10. The van der Waals surface area contributed by atoms with E-state index >= 15 is 0 Å². The van der Waals surface area contributed by atoms with Gasteiger partial charge >= 0.3 is 0 Å². The van der Waals surface area contributed by atoms with Gasteiger partial charge in [0.2, 0.25) is 0 Å². The molecule has 0 fully saturated rings. The second-order valence-corrected chi connectivity index (χ2v) is 7.22. The minimum absolute atomic E-state index is 0.291. The summed E-state index contributed by atoms with van der Waals surface area (Å²) in [7, 11) is 0.395. The Bertz CT molecular complexity index is 73.5. The molecule has 0 radical (unpaired) electrons. The van der Waals surface area contributed by atoms with E-state index < -0.39 is 8.32 Å². The molecule has 0 aromatic carbocycles. The predicted octanol–water partition coefficient (Wildman–Crippen LogP) is 1.22. The molecule has 0 bridgehead atoms. The van der Waals surface area contributed by atoms with Crippen LogP contribution < -0.4 is 0 Å². The monoisotopic (exact) mass is 148 g/mol. The standard InChI is InChI=1S/C6H16O2Si/c1-8-9(2,3)6-4-5-7/h7H,4-6H2,1-3H3. The number of hydrogen-bond donors (Lipinski definition) is 1. The number of aliphatic hydroxyl groups is 1. The van der Waals surface area contributed by atoms with E-state index in [1.807, 2.05) is 0 Å². The minimum atomic E-state index is -1.36. The molecular weight excluding hydrogens is 132 g/mol. The van der Waals surface area contributed by atoms with Crippen LogP contribution in [0.3, 0.4) is 0 Å². The second kappa shape index (κ2) is 4.03. The largest absolute Gasteiger partial charge is 0.420 e. The lowest BCUT2D eigenvalue weighted by Crippen LogP contribution is -2.28. The maximum absolute atomic E-state index is 8.49. The summed E-state index contributed by atoms with van der Waals surface area (Å²) in [5.74, 6) is 0. The van der Waals surface area contributed by atoms with Gasteiger partial charge in [-0.15, -0.1) is 0 Å². The van der Waals surface area contributed by atoms with E-state index in [2.05, 4.69) is 13.1 Å². The topological polar surface area (TPSA) is 29.5 Å². The Balaban J connectivity index is 3.33. The molecule has 2 nitrogen and oxygen atoms in total. The molecule has 0 aliphatic rings. The summed E-state index contributed by atoms with van der Waals surface area (Å²) in [6, 6.07) is 1.06. The quantitative estimate of drug-likeness (QED) is 0.607. The highest BCUT2D eigenvalue weighted by Gasteiger charge is 2.18. The summed E-state index contributed by atoms with van der Waals surface area (Å²) in [6.45, 7) is 4.60. The molecule has 0 atom stereocenters. The molecule has 0 saturated carbocycles. The van der Waals surface area contributed by atoms with Crippen molar-refractivity contribution in [3.05, 3.63) is 0 Å².